The summed E-state index contributed by atoms with van der Waals surface area (Å²) in [6.07, 6.45) is 0. The lowest BCUT2D eigenvalue weighted by Crippen LogP contribution is -2.49. The predicted octanol–water partition coefficient (Wildman–Crippen LogP) is 3.36. The monoisotopic (exact) mass is 485 g/mol. The smallest absolute Gasteiger partial charge is 0.338 e. The molecular weight excluding hydrogens is 466 g/mol. The Morgan fingerprint density at radius 2 is 2.06 bits per heavy atom. The van der Waals surface area contributed by atoms with E-state index in [9.17, 15) is 14.4 Å². The van der Waals surface area contributed by atoms with Crippen molar-refractivity contribution in [3.63, 3.8) is 0 Å². The average molecular weight is 486 g/mol. The normalized spacial score (nSPS) is 17.7. The number of cyclic esters (lactones) is 1. The summed E-state index contributed by atoms with van der Waals surface area (Å²) in [6, 6.07) is 13.1. The number of esters is 1. The molecular formula is C22H20BrN3O5. The zero-order chi connectivity index (χ0) is 22.0. The number of carbonyl (C=O) groups is 3. The number of urea groups is 1. The highest BCUT2D eigenvalue weighted by molar-refractivity contribution is 9.10. The number of nitrogens with one attached hydrogen (secondary N) is 2. The van der Waals surface area contributed by atoms with Crippen LogP contribution in [0.15, 0.2) is 64.3 Å². The summed E-state index contributed by atoms with van der Waals surface area (Å²) in [5, 5.41) is 5.57. The van der Waals surface area contributed by atoms with E-state index < -0.39 is 23.9 Å². The zero-order valence-electron chi connectivity index (χ0n) is 16.7. The Labute approximate surface area is 187 Å². The van der Waals surface area contributed by atoms with Gasteiger partial charge >= 0.3 is 12.0 Å². The fourth-order valence-corrected chi connectivity index (χ4v) is 4.03. The number of nitrogens with zero attached hydrogens (tertiary/aromatic N) is 1. The molecule has 0 bridgehead atoms. The van der Waals surface area contributed by atoms with Crippen LogP contribution in [-0.4, -0.2) is 42.6 Å². The van der Waals surface area contributed by atoms with Crippen LogP contribution in [0.3, 0.4) is 0 Å². The number of amides is 3. The van der Waals surface area contributed by atoms with Crippen LogP contribution in [-0.2, 0) is 14.3 Å². The lowest BCUT2D eigenvalue weighted by Gasteiger charge is -2.33. The van der Waals surface area contributed by atoms with E-state index in [0.717, 1.165) is 4.47 Å². The molecule has 0 aromatic heterocycles. The number of ether oxygens (including phenoxy) is 2. The van der Waals surface area contributed by atoms with Gasteiger partial charge in [0.2, 0.25) is 5.91 Å². The Kier molecular flexibility index (Phi) is 5.94. The Morgan fingerprint density at radius 3 is 2.84 bits per heavy atom. The topological polar surface area (TPSA) is 97.0 Å². The summed E-state index contributed by atoms with van der Waals surface area (Å²) in [5.41, 5.74) is 1.94. The van der Waals surface area contributed by atoms with Crippen molar-refractivity contribution < 1.29 is 23.9 Å². The number of benzene rings is 2. The van der Waals surface area contributed by atoms with Gasteiger partial charge in [0.1, 0.15) is 18.9 Å². The van der Waals surface area contributed by atoms with Crippen LogP contribution in [0.2, 0.25) is 0 Å². The van der Waals surface area contributed by atoms with E-state index in [1.54, 1.807) is 30.3 Å². The lowest BCUT2D eigenvalue weighted by molar-refractivity contribution is -0.136. The summed E-state index contributed by atoms with van der Waals surface area (Å²) in [7, 11) is 0. The van der Waals surface area contributed by atoms with Crippen molar-refractivity contribution in [1.29, 1.82) is 0 Å². The largest absolute Gasteiger partial charge is 0.494 e. The van der Waals surface area contributed by atoms with Crippen molar-refractivity contribution in [2.45, 2.75) is 13.0 Å². The summed E-state index contributed by atoms with van der Waals surface area (Å²) < 4.78 is 11.7. The number of carbonyl (C=O) groups excluding carboxylic acids is 3. The third-order valence-corrected chi connectivity index (χ3v) is 5.43. The number of para-hydroxylation sites is 1. The Bertz CT molecular complexity index is 1080. The van der Waals surface area contributed by atoms with Gasteiger partial charge in [-0.05, 0) is 31.2 Å². The van der Waals surface area contributed by atoms with Crippen molar-refractivity contribution in [2.24, 2.45) is 0 Å². The fraction of sp³-hybridized carbons (Fsp3) is 0.227. The second-order valence-electron chi connectivity index (χ2n) is 6.93. The van der Waals surface area contributed by atoms with Gasteiger partial charge in [0.05, 0.1) is 23.9 Å². The summed E-state index contributed by atoms with van der Waals surface area (Å²) >= 11 is 3.35. The molecule has 0 unspecified atom stereocenters. The first-order chi connectivity index (χ1) is 15.0. The van der Waals surface area contributed by atoms with E-state index in [1.165, 1.54) is 4.90 Å². The molecule has 1 atom stereocenters. The first-order valence-corrected chi connectivity index (χ1v) is 10.5. The van der Waals surface area contributed by atoms with Crippen molar-refractivity contribution in [3.8, 4) is 5.75 Å². The Balaban J connectivity index is 1.62. The van der Waals surface area contributed by atoms with Gasteiger partial charge in [0.25, 0.3) is 0 Å². The SMILES string of the molecule is CCOc1ccccc1[C@H]1NC(=O)N(CC(=O)Nc2cccc(Br)c2)C2=C1C(=O)OC2. The standard InChI is InChI=1S/C22H20BrN3O5/c1-2-30-17-9-4-3-8-15(17)20-19-16(12-31-21(19)28)26(22(29)25-20)11-18(27)24-14-7-5-6-13(23)10-14/h3-10,20H,2,11-12H2,1H3,(H,24,27)(H,25,29)/t20-/m1/s1. The van der Waals surface area contributed by atoms with Gasteiger partial charge in [-0.15, -0.1) is 0 Å². The van der Waals surface area contributed by atoms with E-state index in [-0.39, 0.29) is 13.2 Å². The van der Waals surface area contributed by atoms with Crippen LogP contribution in [0.5, 0.6) is 5.75 Å². The van der Waals surface area contributed by atoms with Crippen LogP contribution >= 0.6 is 15.9 Å². The minimum atomic E-state index is -0.718. The van der Waals surface area contributed by atoms with Crippen molar-refractivity contribution in [2.75, 3.05) is 25.1 Å². The maximum absolute atomic E-state index is 12.9. The van der Waals surface area contributed by atoms with E-state index in [1.807, 2.05) is 25.1 Å². The van der Waals surface area contributed by atoms with Gasteiger partial charge in [-0.1, -0.05) is 40.2 Å². The molecule has 2 N–H and O–H groups in total. The lowest BCUT2D eigenvalue weighted by atomic mass is 9.95. The van der Waals surface area contributed by atoms with Crippen LogP contribution in [0.1, 0.15) is 18.5 Å². The molecule has 2 aliphatic rings. The summed E-state index contributed by atoms with van der Waals surface area (Å²) in [5.74, 6) is -0.348. The molecule has 0 radical (unpaired) electrons. The van der Waals surface area contributed by atoms with Gasteiger partial charge in [-0.25, -0.2) is 9.59 Å². The maximum Gasteiger partial charge on any atom is 0.338 e. The third kappa shape index (κ3) is 4.27. The van der Waals surface area contributed by atoms with Crippen molar-refractivity contribution in [1.82, 2.24) is 10.2 Å². The predicted molar refractivity (Wildman–Crippen MR) is 116 cm³/mol. The molecule has 2 aromatic rings. The Hall–Kier alpha value is -3.33. The minimum Gasteiger partial charge on any atom is -0.494 e. The molecule has 160 valence electrons. The molecule has 9 heteroatoms. The van der Waals surface area contributed by atoms with E-state index in [4.69, 9.17) is 9.47 Å². The number of hydrogen-bond acceptors (Lipinski definition) is 5. The second-order valence-corrected chi connectivity index (χ2v) is 7.85. The molecule has 0 saturated carbocycles. The maximum atomic E-state index is 12.9. The molecule has 0 fully saturated rings. The quantitative estimate of drug-likeness (QED) is 0.611. The molecule has 2 aromatic carbocycles. The highest BCUT2D eigenvalue weighted by Gasteiger charge is 2.43. The molecule has 3 amide bonds. The van der Waals surface area contributed by atoms with Crippen LogP contribution in [0.4, 0.5) is 10.5 Å². The number of rotatable bonds is 6. The minimum absolute atomic E-state index is 0.0704. The van der Waals surface area contributed by atoms with E-state index in [0.29, 0.717) is 34.9 Å². The van der Waals surface area contributed by atoms with Crippen molar-refractivity contribution >= 4 is 39.5 Å². The summed E-state index contributed by atoms with van der Waals surface area (Å²) in [6.45, 7) is 1.97. The third-order valence-electron chi connectivity index (χ3n) is 4.94. The molecule has 31 heavy (non-hydrogen) atoms. The molecule has 0 saturated heterocycles. The molecule has 0 spiro atoms. The van der Waals surface area contributed by atoms with E-state index >= 15 is 0 Å². The molecule has 2 heterocycles. The molecule has 2 aliphatic heterocycles. The first kappa shape index (κ1) is 20.9. The fourth-order valence-electron chi connectivity index (χ4n) is 3.63. The van der Waals surface area contributed by atoms with Gasteiger partial charge in [-0.3, -0.25) is 9.69 Å². The summed E-state index contributed by atoms with van der Waals surface area (Å²) in [4.78, 5) is 39.3. The molecule has 8 nitrogen and oxygen atoms in total. The number of anilines is 1. The van der Waals surface area contributed by atoms with Crippen LogP contribution in [0, 0.1) is 0 Å². The van der Waals surface area contributed by atoms with Gasteiger partial charge < -0.3 is 20.1 Å². The van der Waals surface area contributed by atoms with Crippen molar-refractivity contribution in [3.05, 3.63) is 69.8 Å². The highest BCUT2D eigenvalue weighted by Crippen LogP contribution is 2.38. The highest BCUT2D eigenvalue weighted by atomic mass is 79.9. The molecule has 0 aliphatic carbocycles. The number of hydrogen-bond donors (Lipinski definition) is 2. The zero-order valence-corrected chi connectivity index (χ0v) is 18.3. The van der Waals surface area contributed by atoms with Crippen LogP contribution < -0.4 is 15.4 Å². The van der Waals surface area contributed by atoms with Gasteiger partial charge in [0, 0.05) is 15.7 Å². The second kappa shape index (κ2) is 8.81. The first-order valence-electron chi connectivity index (χ1n) is 9.73. The number of halogens is 1. The van der Waals surface area contributed by atoms with E-state index in [2.05, 4.69) is 26.6 Å². The van der Waals surface area contributed by atoms with Crippen LogP contribution in [0.25, 0.3) is 0 Å². The van der Waals surface area contributed by atoms with Gasteiger partial charge in [0.15, 0.2) is 0 Å². The molecule has 4 rings (SSSR count). The van der Waals surface area contributed by atoms with Gasteiger partial charge in [-0.2, -0.15) is 0 Å². The average Bonchev–Trinajstić information content (AvgIpc) is 3.12. The Morgan fingerprint density at radius 1 is 1.26 bits per heavy atom.